The molecule has 1 N–H and O–H groups in total. The van der Waals surface area contributed by atoms with Gasteiger partial charge in [0.25, 0.3) is 11.5 Å². The molecule has 0 bridgehead atoms. The molecule has 0 saturated carbocycles. The lowest BCUT2D eigenvalue weighted by Gasteiger charge is -2.15. The number of carbonyl (C=O) groups is 2. The third-order valence-corrected chi connectivity index (χ3v) is 4.90. The van der Waals surface area contributed by atoms with Crippen LogP contribution in [0, 0.1) is 5.92 Å². The fourth-order valence-corrected chi connectivity index (χ4v) is 3.33. The summed E-state index contributed by atoms with van der Waals surface area (Å²) in [7, 11) is 0. The van der Waals surface area contributed by atoms with Gasteiger partial charge in [-0.05, 0) is 42.5 Å². The Hall–Kier alpha value is -3.48. The van der Waals surface area contributed by atoms with E-state index < -0.39 is 18.5 Å². The molecular weight excluding hydrogens is 394 g/mol. The smallest absolute Gasteiger partial charge is 0.326 e. The van der Waals surface area contributed by atoms with Crippen LogP contribution in [-0.4, -0.2) is 28.0 Å². The van der Waals surface area contributed by atoms with Crippen LogP contribution < -0.4 is 10.9 Å². The van der Waals surface area contributed by atoms with Crippen LogP contribution in [0.5, 0.6) is 0 Å². The van der Waals surface area contributed by atoms with Crippen molar-refractivity contribution in [2.45, 2.75) is 39.8 Å². The van der Waals surface area contributed by atoms with E-state index in [9.17, 15) is 14.4 Å². The Labute approximate surface area is 181 Å². The van der Waals surface area contributed by atoms with Gasteiger partial charge in [-0.1, -0.05) is 50.2 Å². The second-order valence-electron chi connectivity index (χ2n) is 7.98. The number of esters is 1. The molecule has 1 atom stereocenters. The predicted octanol–water partition coefficient (Wildman–Crippen LogP) is 3.02. The zero-order valence-electron chi connectivity index (χ0n) is 18.0. The van der Waals surface area contributed by atoms with Crippen LogP contribution in [0.25, 0.3) is 10.9 Å². The zero-order chi connectivity index (χ0) is 22.4. The Kier molecular flexibility index (Phi) is 7.18. The van der Waals surface area contributed by atoms with E-state index in [4.69, 9.17) is 4.74 Å². The molecule has 1 heterocycles. The molecule has 31 heavy (non-hydrogen) atoms. The molecule has 0 saturated heterocycles. The highest BCUT2D eigenvalue weighted by Crippen LogP contribution is 2.15. The maximum atomic E-state index is 12.4. The van der Waals surface area contributed by atoms with Crippen molar-refractivity contribution in [2.24, 2.45) is 5.92 Å². The van der Waals surface area contributed by atoms with Crippen molar-refractivity contribution in [1.29, 1.82) is 0 Å². The highest BCUT2D eigenvalue weighted by Gasteiger charge is 2.14. The van der Waals surface area contributed by atoms with Gasteiger partial charge in [-0.15, -0.1) is 0 Å². The molecule has 7 nitrogen and oxygen atoms in total. The number of nitrogens with zero attached hydrogens (tertiary/aromatic N) is 2. The van der Waals surface area contributed by atoms with Crippen LogP contribution in [0.1, 0.15) is 37.9 Å². The van der Waals surface area contributed by atoms with Crippen molar-refractivity contribution in [3.8, 4) is 0 Å². The first-order chi connectivity index (χ1) is 14.8. The van der Waals surface area contributed by atoms with Crippen LogP contribution in [0.2, 0.25) is 0 Å². The quantitative estimate of drug-likeness (QED) is 0.565. The van der Waals surface area contributed by atoms with E-state index in [1.807, 2.05) is 19.1 Å². The molecule has 3 aromatic rings. The van der Waals surface area contributed by atoms with E-state index in [2.05, 4.69) is 36.3 Å². The number of benzene rings is 2. The number of para-hydroxylation sites is 1. The molecule has 0 spiro atoms. The SMILES string of the molecule is CC(C)Cc1ccc([C@H](C)NC(=O)COC(=O)Cn2cnc3ccccc3c2=O)cc1. The lowest BCUT2D eigenvalue weighted by atomic mass is 10.00. The zero-order valence-corrected chi connectivity index (χ0v) is 18.0. The van der Waals surface area contributed by atoms with Crippen LogP contribution in [0.4, 0.5) is 0 Å². The summed E-state index contributed by atoms with van der Waals surface area (Å²) in [6.45, 7) is 5.49. The molecule has 1 aromatic heterocycles. The lowest BCUT2D eigenvalue weighted by molar-refractivity contribution is -0.149. The molecule has 0 fully saturated rings. The summed E-state index contributed by atoms with van der Waals surface area (Å²) in [6, 6.07) is 14.8. The van der Waals surface area contributed by atoms with E-state index in [1.54, 1.807) is 24.3 Å². The molecule has 2 aromatic carbocycles. The van der Waals surface area contributed by atoms with Crippen molar-refractivity contribution in [3.63, 3.8) is 0 Å². The Morgan fingerprint density at radius 1 is 1.06 bits per heavy atom. The number of amides is 1. The number of carbonyl (C=O) groups excluding carboxylic acids is 2. The second-order valence-corrected chi connectivity index (χ2v) is 7.98. The lowest BCUT2D eigenvalue weighted by Crippen LogP contribution is -2.32. The van der Waals surface area contributed by atoms with Gasteiger partial charge in [0.1, 0.15) is 6.54 Å². The van der Waals surface area contributed by atoms with Gasteiger partial charge in [0.15, 0.2) is 6.61 Å². The third-order valence-electron chi connectivity index (χ3n) is 4.90. The van der Waals surface area contributed by atoms with Crippen molar-refractivity contribution in [1.82, 2.24) is 14.9 Å². The molecule has 1 amide bonds. The topological polar surface area (TPSA) is 90.3 Å². The Balaban J connectivity index is 1.50. The Bertz CT molecular complexity index is 1120. The van der Waals surface area contributed by atoms with E-state index in [1.165, 1.54) is 16.5 Å². The average Bonchev–Trinajstić information content (AvgIpc) is 2.74. The predicted molar refractivity (Wildman–Crippen MR) is 119 cm³/mol. The maximum absolute atomic E-state index is 12.4. The molecule has 0 radical (unpaired) electrons. The second kappa shape index (κ2) is 10.0. The third kappa shape index (κ3) is 6.01. The summed E-state index contributed by atoms with van der Waals surface area (Å²) in [5, 5.41) is 3.23. The van der Waals surface area contributed by atoms with Gasteiger partial charge in [-0.25, -0.2) is 4.98 Å². The normalized spacial score (nSPS) is 12.0. The van der Waals surface area contributed by atoms with Gasteiger partial charge in [0.05, 0.1) is 23.3 Å². The fraction of sp³-hybridized carbons (Fsp3) is 0.333. The van der Waals surface area contributed by atoms with Crippen molar-refractivity contribution < 1.29 is 14.3 Å². The standard InChI is InChI=1S/C24H27N3O4/c1-16(2)12-18-8-10-19(11-9-18)17(3)26-22(28)14-31-23(29)13-27-15-25-21-7-5-4-6-20(21)24(27)30/h4-11,15-17H,12-14H2,1-3H3,(H,26,28)/t17-/m0/s1. The number of ether oxygens (including phenoxy) is 1. The minimum absolute atomic E-state index is 0.216. The number of nitrogens with one attached hydrogen (secondary N) is 1. The van der Waals surface area contributed by atoms with Gasteiger partial charge < -0.3 is 10.1 Å². The number of hydrogen-bond donors (Lipinski definition) is 1. The number of rotatable bonds is 8. The van der Waals surface area contributed by atoms with Crippen molar-refractivity contribution >= 4 is 22.8 Å². The Morgan fingerprint density at radius 2 is 1.77 bits per heavy atom. The van der Waals surface area contributed by atoms with E-state index >= 15 is 0 Å². The summed E-state index contributed by atoms with van der Waals surface area (Å²) in [4.78, 5) is 40.8. The number of hydrogen-bond acceptors (Lipinski definition) is 5. The van der Waals surface area contributed by atoms with E-state index in [-0.39, 0.29) is 18.1 Å². The molecule has 162 valence electrons. The molecule has 0 unspecified atom stereocenters. The van der Waals surface area contributed by atoms with Gasteiger partial charge in [-0.3, -0.25) is 19.0 Å². The minimum atomic E-state index is -0.681. The summed E-state index contributed by atoms with van der Waals surface area (Å²) < 4.78 is 6.21. The largest absolute Gasteiger partial charge is 0.454 e. The number of fused-ring (bicyclic) bond motifs is 1. The van der Waals surface area contributed by atoms with Crippen LogP contribution in [-0.2, 0) is 27.3 Å². The Morgan fingerprint density at radius 3 is 2.48 bits per heavy atom. The summed E-state index contributed by atoms with van der Waals surface area (Å²) in [6.07, 6.45) is 2.31. The first-order valence-electron chi connectivity index (χ1n) is 10.3. The summed E-state index contributed by atoms with van der Waals surface area (Å²) in [5.41, 5.74) is 2.45. The van der Waals surface area contributed by atoms with Crippen LogP contribution in [0.3, 0.4) is 0 Å². The molecule has 0 aliphatic heterocycles. The van der Waals surface area contributed by atoms with Gasteiger partial charge in [0, 0.05) is 0 Å². The molecule has 7 heteroatoms. The van der Waals surface area contributed by atoms with E-state index in [0.29, 0.717) is 16.8 Å². The van der Waals surface area contributed by atoms with Gasteiger partial charge in [-0.2, -0.15) is 0 Å². The van der Waals surface area contributed by atoms with Gasteiger partial charge >= 0.3 is 5.97 Å². The van der Waals surface area contributed by atoms with E-state index in [0.717, 1.165) is 12.0 Å². The summed E-state index contributed by atoms with van der Waals surface area (Å²) >= 11 is 0. The average molecular weight is 421 g/mol. The minimum Gasteiger partial charge on any atom is -0.454 e. The van der Waals surface area contributed by atoms with Crippen molar-refractivity contribution in [3.05, 3.63) is 76.3 Å². The highest BCUT2D eigenvalue weighted by atomic mass is 16.5. The first kappa shape index (κ1) is 22.2. The molecular formula is C24H27N3O4. The maximum Gasteiger partial charge on any atom is 0.326 e. The van der Waals surface area contributed by atoms with Crippen LogP contribution >= 0.6 is 0 Å². The highest BCUT2D eigenvalue weighted by molar-refractivity contribution is 5.81. The van der Waals surface area contributed by atoms with Crippen LogP contribution in [0.15, 0.2) is 59.7 Å². The van der Waals surface area contributed by atoms with Gasteiger partial charge in [0.2, 0.25) is 0 Å². The van der Waals surface area contributed by atoms with Crippen molar-refractivity contribution in [2.75, 3.05) is 6.61 Å². The molecule has 0 aliphatic carbocycles. The molecule has 0 aliphatic rings. The monoisotopic (exact) mass is 421 g/mol. The number of aromatic nitrogens is 2. The molecule has 3 rings (SSSR count). The first-order valence-corrected chi connectivity index (χ1v) is 10.3. The fourth-order valence-electron chi connectivity index (χ4n) is 3.33. The summed E-state index contributed by atoms with van der Waals surface area (Å²) in [5.74, 6) is -0.505.